The molecule has 10 heteroatoms. The Morgan fingerprint density at radius 2 is 1.61 bits per heavy atom. The molecule has 3 N–H and O–H groups in total. The van der Waals surface area contributed by atoms with Gasteiger partial charge < -0.3 is 20.7 Å². The normalized spacial score (nSPS) is 11.8. The van der Waals surface area contributed by atoms with Crippen LogP contribution in [0.5, 0.6) is 5.75 Å². The molecule has 5 aromatic rings. The monoisotopic (exact) mass is 690 g/mol. The van der Waals surface area contributed by atoms with Crippen LogP contribution < -0.4 is 20.7 Å². The van der Waals surface area contributed by atoms with Gasteiger partial charge in [-0.05, 0) is 81.3 Å². The van der Waals surface area contributed by atoms with Crippen LogP contribution in [0.15, 0.2) is 114 Å². The standard InChI is InChI=1S/C39H38N4O4S2/c1-5-34(38(46)43-39-42-35(26(4)48-39)28-19-15-25(3)16-20-28)49-32-14-10-13-30(24-32)40-37(45)33(41-36(44)29-11-8-7-9-12-29)23-27-17-21-31(22-18-27)47-6-2/h7-24,34H,5-6H2,1-4H3,(H,40,45)(H,41,44)(H,42,43,46)/b33-23+. The van der Waals surface area contributed by atoms with E-state index in [1.54, 1.807) is 36.4 Å². The topological polar surface area (TPSA) is 109 Å². The molecule has 0 fully saturated rings. The highest BCUT2D eigenvalue weighted by Crippen LogP contribution is 2.33. The molecule has 0 bridgehead atoms. The lowest BCUT2D eigenvalue weighted by Crippen LogP contribution is -2.30. The van der Waals surface area contributed by atoms with E-state index in [0.717, 1.165) is 21.0 Å². The van der Waals surface area contributed by atoms with Crippen molar-refractivity contribution in [1.29, 1.82) is 0 Å². The van der Waals surface area contributed by atoms with E-state index >= 15 is 0 Å². The van der Waals surface area contributed by atoms with Crippen LogP contribution in [-0.2, 0) is 9.59 Å². The first-order valence-electron chi connectivity index (χ1n) is 16.0. The lowest BCUT2D eigenvalue weighted by Gasteiger charge is -2.15. The molecule has 1 unspecified atom stereocenters. The second-order valence-corrected chi connectivity index (χ2v) is 13.6. The number of ether oxygens (including phenoxy) is 1. The second kappa shape index (κ2) is 16.8. The maximum atomic E-state index is 13.6. The molecule has 0 aliphatic rings. The third kappa shape index (κ3) is 9.68. The first-order valence-corrected chi connectivity index (χ1v) is 17.7. The second-order valence-electron chi connectivity index (χ2n) is 11.2. The molecule has 0 spiro atoms. The maximum Gasteiger partial charge on any atom is 0.272 e. The van der Waals surface area contributed by atoms with Crippen molar-refractivity contribution in [3.8, 4) is 17.0 Å². The number of hydrogen-bond acceptors (Lipinski definition) is 7. The Balaban J connectivity index is 1.29. The molecule has 0 radical (unpaired) electrons. The quantitative estimate of drug-likeness (QED) is 0.0842. The fraction of sp³-hybridized carbons (Fsp3) is 0.179. The molecule has 1 heterocycles. The molecule has 0 saturated carbocycles. The number of nitrogens with zero attached hydrogens (tertiary/aromatic N) is 1. The van der Waals surface area contributed by atoms with E-state index in [4.69, 9.17) is 9.72 Å². The molecule has 1 atom stereocenters. The Labute approximate surface area is 295 Å². The van der Waals surface area contributed by atoms with Crippen molar-refractivity contribution in [2.75, 3.05) is 17.2 Å². The van der Waals surface area contributed by atoms with Gasteiger partial charge in [-0.25, -0.2) is 4.98 Å². The highest BCUT2D eigenvalue weighted by molar-refractivity contribution is 8.00. The summed E-state index contributed by atoms with van der Waals surface area (Å²) in [5.74, 6) is -0.333. The van der Waals surface area contributed by atoms with E-state index < -0.39 is 17.1 Å². The molecule has 8 nitrogen and oxygen atoms in total. The zero-order valence-corrected chi connectivity index (χ0v) is 29.4. The fourth-order valence-corrected chi connectivity index (χ4v) is 6.74. The van der Waals surface area contributed by atoms with Gasteiger partial charge in [0.15, 0.2) is 5.13 Å². The number of rotatable bonds is 13. The van der Waals surface area contributed by atoms with E-state index in [-0.39, 0.29) is 11.6 Å². The number of anilines is 2. The molecule has 1 aromatic heterocycles. The predicted molar refractivity (Wildman–Crippen MR) is 200 cm³/mol. The van der Waals surface area contributed by atoms with E-state index in [1.807, 2.05) is 100 Å². The van der Waals surface area contributed by atoms with Crippen LogP contribution in [0.3, 0.4) is 0 Å². The molecule has 250 valence electrons. The molecular weight excluding hydrogens is 653 g/mol. The van der Waals surface area contributed by atoms with Gasteiger partial charge >= 0.3 is 0 Å². The van der Waals surface area contributed by atoms with Crippen LogP contribution in [0.2, 0.25) is 0 Å². The Morgan fingerprint density at radius 1 is 0.878 bits per heavy atom. The zero-order chi connectivity index (χ0) is 34.8. The number of amides is 3. The highest BCUT2D eigenvalue weighted by Gasteiger charge is 2.21. The number of benzene rings is 4. The molecule has 4 aromatic carbocycles. The molecule has 3 amide bonds. The Morgan fingerprint density at radius 3 is 2.31 bits per heavy atom. The van der Waals surface area contributed by atoms with Crippen LogP contribution >= 0.6 is 23.1 Å². The van der Waals surface area contributed by atoms with Crippen LogP contribution in [0.1, 0.15) is 46.6 Å². The summed E-state index contributed by atoms with van der Waals surface area (Å²) in [5, 5.41) is 8.85. The average Bonchev–Trinajstić information content (AvgIpc) is 3.47. The predicted octanol–water partition coefficient (Wildman–Crippen LogP) is 8.74. The summed E-state index contributed by atoms with van der Waals surface area (Å²) in [5.41, 5.74) is 4.78. The smallest absolute Gasteiger partial charge is 0.272 e. The minimum atomic E-state index is -0.492. The summed E-state index contributed by atoms with van der Waals surface area (Å²) in [6.45, 7) is 8.45. The van der Waals surface area contributed by atoms with Crippen LogP contribution in [0.25, 0.3) is 17.3 Å². The van der Waals surface area contributed by atoms with Crippen LogP contribution in [0, 0.1) is 13.8 Å². The Hall–Kier alpha value is -5.19. The molecule has 49 heavy (non-hydrogen) atoms. The minimum Gasteiger partial charge on any atom is -0.494 e. The third-order valence-corrected chi connectivity index (χ3v) is 9.66. The van der Waals surface area contributed by atoms with E-state index in [2.05, 4.69) is 16.0 Å². The van der Waals surface area contributed by atoms with Crippen molar-refractivity contribution in [2.45, 2.75) is 44.3 Å². The Bertz CT molecular complexity index is 1940. The van der Waals surface area contributed by atoms with Gasteiger partial charge in [0.2, 0.25) is 5.91 Å². The summed E-state index contributed by atoms with van der Waals surface area (Å²) >= 11 is 2.86. The number of carbonyl (C=O) groups excluding carboxylic acids is 3. The van der Waals surface area contributed by atoms with Gasteiger partial charge in [-0.15, -0.1) is 23.1 Å². The van der Waals surface area contributed by atoms with Gasteiger partial charge in [0, 0.05) is 26.6 Å². The summed E-state index contributed by atoms with van der Waals surface area (Å²) in [6, 6.07) is 31.4. The number of hydrogen-bond donors (Lipinski definition) is 3. The first kappa shape index (κ1) is 35.1. The van der Waals surface area contributed by atoms with Crippen molar-refractivity contribution in [3.05, 3.63) is 130 Å². The van der Waals surface area contributed by atoms with E-state index in [0.29, 0.717) is 40.7 Å². The molecule has 0 aliphatic heterocycles. The number of thioether (sulfide) groups is 1. The van der Waals surface area contributed by atoms with E-state index in [1.165, 1.54) is 28.7 Å². The van der Waals surface area contributed by atoms with Crippen LogP contribution in [0.4, 0.5) is 10.8 Å². The van der Waals surface area contributed by atoms with Gasteiger partial charge in [-0.3, -0.25) is 14.4 Å². The van der Waals surface area contributed by atoms with Crippen LogP contribution in [-0.4, -0.2) is 34.6 Å². The summed E-state index contributed by atoms with van der Waals surface area (Å²) in [6.07, 6.45) is 2.20. The highest BCUT2D eigenvalue weighted by atomic mass is 32.2. The molecular formula is C39H38N4O4S2. The van der Waals surface area contributed by atoms with E-state index in [9.17, 15) is 14.4 Å². The molecule has 0 aliphatic carbocycles. The van der Waals surface area contributed by atoms with Crippen molar-refractivity contribution in [2.24, 2.45) is 0 Å². The van der Waals surface area contributed by atoms with Crippen molar-refractivity contribution in [1.82, 2.24) is 10.3 Å². The lowest BCUT2D eigenvalue weighted by atomic mass is 10.1. The van der Waals surface area contributed by atoms with Crippen molar-refractivity contribution in [3.63, 3.8) is 0 Å². The largest absolute Gasteiger partial charge is 0.494 e. The summed E-state index contributed by atoms with van der Waals surface area (Å²) in [7, 11) is 0. The van der Waals surface area contributed by atoms with Crippen molar-refractivity contribution >= 4 is 57.7 Å². The molecule has 5 rings (SSSR count). The minimum absolute atomic E-state index is 0.0747. The van der Waals surface area contributed by atoms with Gasteiger partial charge in [-0.2, -0.15) is 0 Å². The SMILES string of the molecule is CCOc1ccc(/C=C(/NC(=O)c2ccccc2)C(=O)Nc2cccc(SC(CC)C(=O)Nc3nc(-c4ccc(C)cc4)c(C)s3)c2)cc1. The van der Waals surface area contributed by atoms with Gasteiger partial charge in [-0.1, -0.05) is 73.2 Å². The average molecular weight is 691 g/mol. The fourth-order valence-electron chi connectivity index (χ4n) is 4.88. The van der Waals surface area contributed by atoms with Gasteiger partial charge in [0.05, 0.1) is 17.6 Å². The maximum absolute atomic E-state index is 13.6. The lowest BCUT2D eigenvalue weighted by molar-refractivity contribution is -0.116. The van der Waals surface area contributed by atoms with Gasteiger partial charge in [0.1, 0.15) is 11.4 Å². The number of nitrogens with one attached hydrogen (secondary N) is 3. The number of aromatic nitrogens is 1. The van der Waals surface area contributed by atoms with Gasteiger partial charge in [0.25, 0.3) is 11.8 Å². The third-order valence-electron chi connectivity index (χ3n) is 7.42. The number of aryl methyl sites for hydroxylation is 2. The zero-order valence-electron chi connectivity index (χ0n) is 27.8. The Kier molecular flexibility index (Phi) is 12.0. The van der Waals surface area contributed by atoms with Crippen molar-refractivity contribution < 1.29 is 19.1 Å². The molecule has 0 saturated heterocycles. The summed E-state index contributed by atoms with van der Waals surface area (Å²) < 4.78 is 5.53. The first-order chi connectivity index (χ1) is 23.7. The summed E-state index contributed by atoms with van der Waals surface area (Å²) in [4.78, 5) is 46.6. The number of carbonyl (C=O) groups is 3. The number of thiazole rings is 1.